The Morgan fingerprint density at radius 3 is 2.83 bits per heavy atom. The summed E-state index contributed by atoms with van der Waals surface area (Å²) in [6.07, 6.45) is 2.36. The van der Waals surface area contributed by atoms with Crippen molar-refractivity contribution in [1.82, 2.24) is 0 Å². The minimum absolute atomic E-state index is 0.0945. The normalized spacial score (nSPS) is 13.8. The molecule has 1 amide bonds. The summed E-state index contributed by atoms with van der Waals surface area (Å²) in [4.78, 5) is 12.3. The lowest BCUT2D eigenvalue weighted by Gasteiger charge is -2.09. The number of hydrogen-bond donors (Lipinski definition) is 2. The number of aliphatic hydroxyl groups excluding tert-OH is 1. The maximum atomic E-state index is 13.9. The molecule has 4 nitrogen and oxygen atoms in total. The fraction of sp³-hybridized carbons (Fsp3) is 0.316. The van der Waals surface area contributed by atoms with E-state index < -0.39 is 0 Å². The molecule has 1 fully saturated rings. The van der Waals surface area contributed by atoms with E-state index in [4.69, 9.17) is 9.84 Å². The van der Waals surface area contributed by atoms with Gasteiger partial charge in [0.05, 0.1) is 13.2 Å². The molecule has 0 radical (unpaired) electrons. The summed E-state index contributed by atoms with van der Waals surface area (Å²) in [5, 5.41) is 11.9. The molecule has 2 N–H and O–H groups in total. The lowest BCUT2D eigenvalue weighted by molar-refractivity contribution is 0.102. The van der Waals surface area contributed by atoms with Crippen molar-refractivity contribution >= 4 is 11.6 Å². The summed E-state index contributed by atoms with van der Waals surface area (Å²) in [5.74, 6) is -0.0866. The van der Waals surface area contributed by atoms with Gasteiger partial charge < -0.3 is 15.2 Å². The number of anilines is 1. The highest BCUT2D eigenvalue weighted by molar-refractivity contribution is 6.04. The van der Waals surface area contributed by atoms with Crippen LogP contribution in [0, 0.1) is 11.7 Å². The predicted octanol–water partition coefficient (Wildman–Crippen LogP) is 3.50. The van der Waals surface area contributed by atoms with Crippen molar-refractivity contribution in [3.8, 4) is 0 Å². The third kappa shape index (κ3) is 4.40. The predicted molar refractivity (Wildman–Crippen MR) is 89.1 cm³/mol. The van der Waals surface area contributed by atoms with E-state index in [9.17, 15) is 9.18 Å². The topological polar surface area (TPSA) is 58.6 Å². The van der Waals surface area contributed by atoms with Gasteiger partial charge in [-0.2, -0.15) is 0 Å². The summed E-state index contributed by atoms with van der Waals surface area (Å²) in [7, 11) is 0. The molecule has 0 saturated heterocycles. The van der Waals surface area contributed by atoms with Crippen molar-refractivity contribution < 1.29 is 19.0 Å². The molecule has 0 aliphatic heterocycles. The number of carbonyl (C=O) groups is 1. The second-order valence-electron chi connectivity index (χ2n) is 6.08. The number of carbonyl (C=O) groups excluding carboxylic acids is 1. The standard InChI is InChI=1S/C19H20FNO3/c20-18-7-6-15(9-16(18)12-24-11-13-4-5-13)19(23)21-17-3-1-2-14(8-17)10-22/h1-3,6-9,13,22H,4-5,10-12H2,(H,21,23). The molecule has 0 aromatic heterocycles. The largest absolute Gasteiger partial charge is 0.392 e. The number of ether oxygens (including phenoxy) is 1. The Morgan fingerprint density at radius 1 is 1.25 bits per heavy atom. The van der Waals surface area contributed by atoms with Gasteiger partial charge in [-0.25, -0.2) is 4.39 Å². The number of amides is 1. The van der Waals surface area contributed by atoms with E-state index in [0.717, 1.165) is 0 Å². The Kier molecular flexibility index (Phi) is 5.23. The number of halogens is 1. The summed E-state index contributed by atoms with van der Waals surface area (Å²) >= 11 is 0. The van der Waals surface area contributed by atoms with Gasteiger partial charge in [-0.1, -0.05) is 12.1 Å². The van der Waals surface area contributed by atoms with Gasteiger partial charge in [-0.05, 0) is 54.7 Å². The monoisotopic (exact) mass is 329 g/mol. The van der Waals surface area contributed by atoms with Crippen molar-refractivity contribution in [2.24, 2.45) is 5.92 Å². The summed E-state index contributed by atoms with van der Waals surface area (Å²) in [5.41, 5.74) is 2.05. The van der Waals surface area contributed by atoms with Gasteiger partial charge >= 0.3 is 0 Å². The van der Waals surface area contributed by atoms with Crippen LogP contribution >= 0.6 is 0 Å². The van der Waals surface area contributed by atoms with Gasteiger partial charge in [0.1, 0.15) is 5.82 Å². The number of hydrogen-bond acceptors (Lipinski definition) is 3. The van der Waals surface area contributed by atoms with Gasteiger partial charge in [0.25, 0.3) is 5.91 Å². The number of benzene rings is 2. The SMILES string of the molecule is O=C(Nc1cccc(CO)c1)c1ccc(F)c(COCC2CC2)c1. The van der Waals surface area contributed by atoms with Gasteiger partial charge in [0.2, 0.25) is 0 Å². The van der Waals surface area contributed by atoms with E-state index >= 15 is 0 Å². The molecule has 3 rings (SSSR count). The molecule has 2 aromatic carbocycles. The molecular formula is C19H20FNO3. The van der Waals surface area contributed by atoms with E-state index in [1.54, 1.807) is 24.3 Å². The van der Waals surface area contributed by atoms with Crippen molar-refractivity contribution in [1.29, 1.82) is 0 Å². The third-order valence-corrected chi connectivity index (χ3v) is 3.98. The van der Waals surface area contributed by atoms with Crippen LogP contribution in [0.4, 0.5) is 10.1 Å². The summed E-state index contributed by atoms with van der Waals surface area (Å²) < 4.78 is 19.4. The zero-order valence-electron chi connectivity index (χ0n) is 13.3. The van der Waals surface area contributed by atoms with Crippen molar-refractivity contribution in [3.05, 3.63) is 65.0 Å². The first-order chi connectivity index (χ1) is 11.7. The van der Waals surface area contributed by atoms with Crippen LogP contribution in [0.5, 0.6) is 0 Å². The van der Waals surface area contributed by atoms with Gasteiger partial charge in [-0.15, -0.1) is 0 Å². The molecule has 1 saturated carbocycles. The molecule has 126 valence electrons. The molecule has 0 heterocycles. The molecule has 0 bridgehead atoms. The van der Waals surface area contributed by atoms with E-state index in [1.807, 2.05) is 0 Å². The highest BCUT2D eigenvalue weighted by atomic mass is 19.1. The Balaban J connectivity index is 1.66. The van der Waals surface area contributed by atoms with Gasteiger partial charge in [0.15, 0.2) is 0 Å². The number of rotatable bonds is 7. The highest BCUT2D eigenvalue weighted by Gasteiger charge is 2.21. The van der Waals surface area contributed by atoms with Crippen molar-refractivity contribution in [2.75, 3.05) is 11.9 Å². The van der Waals surface area contributed by atoms with Crippen LogP contribution in [0.1, 0.15) is 34.3 Å². The first-order valence-corrected chi connectivity index (χ1v) is 8.03. The Morgan fingerprint density at radius 2 is 2.08 bits per heavy atom. The quantitative estimate of drug-likeness (QED) is 0.817. The van der Waals surface area contributed by atoms with Crippen LogP contribution in [-0.2, 0) is 18.0 Å². The zero-order chi connectivity index (χ0) is 16.9. The van der Waals surface area contributed by atoms with E-state index in [-0.39, 0.29) is 24.9 Å². The second-order valence-corrected chi connectivity index (χ2v) is 6.08. The minimum atomic E-state index is -0.371. The Labute approximate surface area is 140 Å². The van der Waals surface area contributed by atoms with Crippen molar-refractivity contribution in [3.63, 3.8) is 0 Å². The number of nitrogens with one attached hydrogen (secondary N) is 1. The molecule has 1 aliphatic carbocycles. The highest BCUT2D eigenvalue weighted by Crippen LogP contribution is 2.29. The minimum Gasteiger partial charge on any atom is -0.392 e. The molecule has 0 atom stereocenters. The Bertz CT molecular complexity index is 728. The Hall–Kier alpha value is -2.24. The van der Waals surface area contributed by atoms with E-state index in [1.165, 1.54) is 31.0 Å². The van der Waals surface area contributed by atoms with Crippen LogP contribution in [0.25, 0.3) is 0 Å². The smallest absolute Gasteiger partial charge is 0.255 e. The van der Waals surface area contributed by atoms with Crippen LogP contribution in [0.2, 0.25) is 0 Å². The van der Waals surface area contributed by atoms with E-state index in [2.05, 4.69) is 5.32 Å². The average molecular weight is 329 g/mol. The molecule has 2 aromatic rings. The molecular weight excluding hydrogens is 309 g/mol. The first-order valence-electron chi connectivity index (χ1n) is 8.03. The maximum absolute atomic E-state index is 13.9. The lowest BCUT2D eigenvalue weighted by Crippen LogP contribution is -2.13. The van der Waals surface area contributed by atoms with Crippen LogP contribution in [0.3, 0.4) is 0 Å². The van der Waals surface area contributed by atoms with Gasteiger partial charge in [0, 0.05) is 23.4 Å². The molecule has 24 heavy (non-hydrogen) atoms. The van der Waals surface area contributed by atoms with Crippen LogP contribution in [-0.4, -0.2) is 17.6 Å². The second kappa shape index (κ2) is 7.55. The fourth-order valence-corrected chi connectivity index (χ4v) is 2.40. The summed E-state index contributed by atoms with van der Waals surface area (Å²) in [6, 6.07) is 11.2. The lowest BCUT2D eigenvalue weighted by atomic mass is 10.1. The first kappa shape index (κ1) is 16.6. The third-order valence-electron chi connectivity index (χ3n) is 3.98. The van der Waals surface area contributed by atoms with Crippen LogP contribution < -0.4 is 5.32 Å². The molecule has 5 heteroatoms. The van der Waals surface area contributed by atoms with Gasteiger partial charge in [-0.3, -0.25) is 4.79 Å². The molecule has 0 spiro atoms. The molecule has 1 aliphatic rings. The average Bonchev–Trinajstić information content (AvgIpc) is 3.41. The van der Waals surface area contributed by atoms with E-state index in [0.29, 0.717) is 34.9 Å². The number of aliphatic hydroxyl groups is 1. The summed E-state index contributed by atoms with van der Waals surface area (Å²) in [6.45, 7) is 0.718. The molecule has 0 unspecified atom stereocenters. The van der Waals surface area contributed by atoms with Crippen molar-refractivity contribution in [2.45, 2.75) is 26.1 Å². The maximum Gasteiger partial charge on any atom is 0.255 e. The van der Waals surface area contributed by atoms with Crippen LogP contribution in [0.15, 0.2) is 42.5 Å². The fourth-order valence-electron chi connectivity index (χ4n) is 2.40. The zero-order valence-corrected chi connectivity index (χ0v) is 13.3.